The van der Waals surface area contributed by atoms with Crippen molar-refractivity contribution in [3.63, 3.8) is 0 Å². The Labute approximate surface area is 165 Å². The lowest BCUT2D eigenvalue weighted by atomic mass is 10.2. The molecular weight excluding hydrogens is 403 g/mol. The van der Waals surface area contributed by atoms with Gasteiger partial charge >= 0.3 is 5.00 Å². The lowest BCUT2D eigenvalue weighted by Gasteiger charge is -2.19. The van der Waals surface area contributed by atoms with Crippen LogP contribution in [0.2, 0.25) is 0 Å². The third-order valence-corrected chi connectivity index (χ3v) is 5.93. The summed E-state index contributed by atoms with van der Waals surface area (Å²) in [4.78, 5) is 33.7. The predicted molar refractivity (Wildman–Crippen MR) is 105 cm³/mol. The second-order valence-electron chi connectivity index (χ2n) is 5.76. The van der Waals surface area contributed by atoms with Crippen LogP contribution < -0.4 is 4.90 Å². The average molecular weight is 414 g/mol. The molecule has 0 bridgehead atoms. The van der Waals surface area contributed by atoms with Crippen LogP contribution in [0.4, 0.5) is 14.5 Å². The third kappa shape index (κ3) is 3.59. The van der Waals surface area contributed by atoms with E-state index in [-0.39, 0.29) is 22.2 Å². The number of hydrogen-bond acceptors (Lipinski definition) is 7. The monoisotopic (exact) mass is 414 g/mol. The summed E-state index contributed by atoms with van der Waals surface area (Å²) in [5.41, 5.74) is 1.34. The van der Waals surface area contributed by atoms with E-state index in [9.17, 15) is 19.3 Å². The number of halogens is 1. The van der Waals surface area contributed by atoms with Crippen LogP contribution in [0, 0.1) is 15.9 Å². The molecule has 3 aromatic heterocycles. The molecule has 0 saturated heterocycles. The number of anilines is 1. The van der Waals surface area contributed by atoms with Crippen molar-refractivity contribution in [3.8, 4) is 0 Å². The van der Waals surface area contributed by atoms with Crippen LogP contribution in [0.1, 0.15) is 15.2 Å². The Hall–Kier alpha value is -3.24. The van der Waals surface area contributed by atoms with Crippen molar-refractivity contribution in [2.75, 3.05) is 4.90 Å². The van der Waals surface area contributed by atoms with Gasteiger partial charge in [-0.2, -0.15) is 0 Å². The van der Waals surface area contributed by atoms with Crippen LogP contribution in [0.25, 0.3) is 10.2 Å². The summed E-state index contributed by atoms with van der Waals surface area (Å²) < 4.78 is 14.1. The van der Waals surface area contributed by atoms with E-state index in [2.05, 4.69) is 9.97 Å². The van der Waals surface area contributed by atoms with Crippen LogP contribution in [0.3, 0.4) is 0 Å². The largest absolute Gasteiger partial charge is 0.324 e. The first-order valence-corrected chi connectivity index (χ1v) is 9.65. The first-order chi connectivity index (χ1) is 13.5. The molecule has 0 aliphatic carbocycles. The fourth-order valence-corrected chi connectivity index (χ4v) is 4.33. The van der Waals surface area contributed by atoms with Crippen LogP contribution in [-0.2, 0) is 6.54 Å². The van der Waals surface area contributed by atoms with Crippen molar-refractivity contribution in [1.82, 2.24) is 9.97 Å². The number of fused-ring (bicyclic) bond motifs is 1. The summed E-state index contributed by atoms with van der Waals surface area (Å²) in [6.07, 6.45) is 3.25. The molecule has 0 unspecified atom stereocenters. The molecule has 4 rings (SSSR count). The van der Waals surface area contributed by atoms with Crippen molar-refractivity contribution in [1.29, 1.82) is 0 Å². The molecule has 10 heteroatoms. The lowest BCUT2D eigenvalue weighted by molar-refractivity contribution is -0.380. The highest BCUT2D eigenvalue weighted by molar-refractivity contribution is 7.22. The fourth-order valence-electron chi connectivity index (χ4n) is 2.58. The number of benzene rings is 1. The molecule has 0 saturated carbocycles. The molecule has 0 aliphatic rings. The number of thiazole rings is 1. The zero-order valence-corrected chi connectivity index (χ0v) is 15.7. The molecular formula is C18H11FN4O3S2. The molecule has 140 valence electrons. The molecule has 4 aromatic rings. The van der Waals surface area contributed by atoms with Crippen molar-refractivity contribution in [2.45, 2.75) is 6.54 Å². The molecule has 28 heavy (non-hydrogen) atoms. The van der Waals surface area contributed by atoms with Gasteiger partial charge in [0.25, 0.3) is 5.91 Å². The minimum absolute atomic E-state index is 0.115. The molecule has 0 spiro atoms. The Morgan fingerprint density at radius 1 is 1.21 bits per heavy atom. The van der Waals surface area contributed by atoms with Gasteiger partial charge in [-0.1, -0.05) is 28.7 Å². The number of carbonyl (C=O) groups is 1. The van der Waals surface area contributed by atoms with Gasteiger partial charge in [0.15, 0.2) is 5.13 Å². The number of nitro groups is 1. The third-order valence-electron chi connectivity index (χ3n) is 3.86. The van der Waals surface area contributed by atoms with E-state index in [1.807, 2.05) is 6.07 Å². The standard InChI is InChI=1S/C18H11FN4O3S2/c19-12-3-4-13-15(8-12)28-18(21-13)22(10-11-2-1-7-20-9-11)17(24)14-5-6-16(27-14)23(25)26/h1-9H,10H2. The van der Waals surface area contributed by atoms with Crippen LogP contribution >= 0.6 is 22.7 Å². The molecule has 7 nitrogen and oxygen atoms in total. The number of carbonyl (C=O) groups excluding carboxylic acids is 1. The number of pyridine rings is 1. The van der Waals surface area contributed by atoms with Gasteiger partial charge in [-0.15, -0.1) is 0 Å². The maximum absolute atomic E-state index is 13.5. The molecule has 0 atom stereocenters. The summed E-state index contributed by atoms with van der Waals surface area (Å²) in [6.45, 7) is 0.181. The Balaban J connectivity index is 1.75. The van der Waals surface area contributed by atoms with Gasteiger partial charge in [0.05, 0.1) is 26.6 Å². The highest BCUT2D eigenvalue weighted by atomic mass is 32.1. The highest BCUT2D eigenvalue weighted by Crippen LogP contribution is 2.33. The number of aromatic nitrogens is 2. The number of hydrogen-bond donors (Lipinski definition) is 0. The molecule has 0 N–H and O–H groups in total. The lowest BCUT2D eigenvalue weighted by Crippen LogP contribution is -2.29. The van der Waals surface area contributed by atoms with Gasteiger partial charge in [0.1, 0.15) is 5.82 Å². The van der Waals surface area contributed by atoms with Gasteiger partial charge in [-0.3, -0.25) is 24.8 Å². The summed E-state index contributed by atoms with van der Waals surface area (Å²) >= 11 is 1.98. The number of amides is 1. The van der Waals surface area contributed by atoms with E-state index in [1.165, 1.54) is 40.5 Å². The Morgan fingerprint density at radius 3 is 2.79 bits per heavy atom. The predicted octanol–water partition coefficient (Wildman–Crippen LogP) is 4.65. The van der Waals surface area contributed by atoms with Gasteiger partial charge in [-0.25, -0.2) is 9.37 Å². The topological polar surface area (TPSA) is 89.2 Å². The number of nitrogens with zero attached hydrogens (tertiary/aromatic N) is 4. The van der Waals surface area contributed by atoms with E-state index in [0.717, 1.165) is 16.9 Å². The number of thiophene rings is 1. The first-order valence-electron chi connectivity index (χ1n) is 8.02. The highest BCUT2D eigenvalue weighted by Gasteiger charge is 2.25. The summed E-state index contributed by atoms with van der Waals surface area (Å²) in [6, 6.07) is 10.5. The Morgan fingerprint density at radius 2 is 2.07 bits per heavy atom. The maximum atomic E-state index is 13.5. The molecule has 1 amide bonds. The van der Waals surface area contributed by atoms with E-state index in [1.54, 1.807) is 24.5 Å². The fraction of sp³-hybridized carbons (Fsp3) is 0.0556. The normalized spacial score (nSPS) is 10.9. The second kappa shape index (κ2) is 7.41. The van der Waals surface area contributed by atoms with E-state index in [4.69, 9.17) is 0 Å². The van der Waals surface area contributed by atoms with E-state index < -0.39 is 10.8 Å². The molecule has 3 heterocycles. The van der Waals surface area contributed by atoms with Crippen molar-refractivity contribution in [3.05, 3.63) is 81.2 Å². The molecule has 0 fully saturated rings. The Bertz CT molecular complexity index is 1180. The minimum atomic E-state index is -0.534. The zero-order valence-electron chi connectivity index (χ0n) is 14.1. The van der Waals surface area contributed by atoms with E-state index in [0.29, 0.717) is 15.3 Å². The maximum Gasteiger partial charge on any atom is 0.324 e. The summed E-state index contributed by atoms with van der Waals surface area (Å²) in [7, 11) is 0. The average Bonchev–Trinajstić information content (AvgIpc) is 3.33. The smallest absolute Gasteiger partial charge is 0.279 e. The van der Waals surface area contributed by atoms with Crippen molar-refractivity contribution < 1.29 is 14.1 Å². The SMILES string of the molecule is O=C(c1ccc([N+](=O)[O-])s1)N(Cc1cccnc1)c1nc2ccc(F)cc2s1. The van der Waals surface area contributed by atoms with Crippen molar-refractivity contribution >= 4 is 48.9 Å². The van der Waals surface area contributed by atoms with E-state index >= 15 is 0 Å². The molecule has 0 radical (unpaired) electrons. The molecule has 1 aromatic carbocycles. The minimum Gasteiger partial charge on any atom is -0.279 e. The van der Waals surface area contributed by atoms with Crippen molar-refractivity contribution in [2.24, 2.45) is 0 Å². The van der Waals surface area contributed by atoms with Gasteiger partial charge in [0.2, 0.25) is 0 Å². The second-order valence-corrected chi connectivity index (χ2v) is 7.83. The van der Waals surface area contributed by atoms with Gasteiger partial charge < -0.3 is 0 Å². The number of rotatable bonds is 5. The summed E-state index contributed by atoms with van der Waals surface area (Å²) in [5.74, 6) is -0.803. The van der Waals surface area contributed by atoms with Gasteiger partial charge in [-0.05, 0) is 35.9 Å². The first kappa shape index (κ1) is 18.1. The summed E-state index contributed by atoms with van der Waals surface area (Å²) in [5, 5.41) is 11.2. The van der Waals surface area contributed by atoms with Gasteiger partial charge in [0, 0.05) is 18.5 Å². The Kier molecular flexibility index (Phi) is 4.80. The zero-order chi connectivity index (χ0) is 19.7. The van der Waals surface area contributed by atoms with Crippen LogP contribution in [0.15, 0.2) is 54.9 Å². The quantitative estimate of drug-likeness (QED) is 0.350. The van der Waals surface area contributed by atoms with Crippen LogP contribution in [-0.4, -0.2) is 20.8 Å². The molecule has 0 aliphatic heterocycles. The van der Waals surface area contributed by atoms with Crippen LogP contribution in [0.5, 0.6) is 0 Å².